The summed E-state index contributed by atoms with van der Waals surface area (Å²) in [5, 5.41) is 3.60. The lowest BCUT2D eigenvalue weighted by Gasteiger charge is -2.20. The first kappa shape index (κ1) is 23.5. The lowest BCUT2D eigenvalue weighted by molar-refractivity contribution is -0.117. The molecule has 7 heteroatoms. The molecule has 6 nitrogen and oxygen atoms in total. The maximum absolute atomic E-state index is 12.5. The lowest BCUT2D eigenvalue weighted by Crippen LogP contribution is -2.36. The van der Waals surface area contributed by atoms with Crippen LogP contribution < -0.4 is 5.32 Å². The van der Waals surface area contributed by atoms with Crippen LogP contribution in [0.1, 0.15) is 31.4 Å². The molecule has 0 spiro atoms. The van der Waals surface area contributed by atoms with E-state index in [9.17, 15) is 4.79 Å². The topological polar surface area (TPSA) is 61.6 Å². The number of amides is 1. The molecule has 1 aliphatic rings. The van der Waals surface area contributed by atoms with Crippen LogP contribution in [-0.4, -0.2) is 53.4 Å². The Labute approximate surface area is 200 Å². The predicted octanol–water partition coefficient (Wildman–Crippen LogP) is 5.09. The minimum absolute atomic E-state index is 0.00446. The SMILES string of the molecule is CCCc1oc(CN2CCCN(CC(=O)Nc3ccc(Cl)cc3)CC2)nc1-c1ccccc1. The van der Waals surface area contributed by atoms with Gasteiger partial charge in [0.2, 0.25) is 11.8 Å². The molecule has 3 aromatic rings. The molecule has 0 bridgehead atoms. The predicted molar refractivity (Wildman–Crippen MR) is 132 cm³/mol. The number of nitrogens with one attached hydrogen (secondary N) is 1. The van der Waals surface area contributed by atoms with E-state index in [1.165, 1.54) is 0 Å². The second kappa shape index (κ2) is 11.5. The maximum atomic E-state index is 12.5. The van der Waals surface area contributed by atoms with Crippen LogP contribution in [0.3, 0.4) is 0 Å². The highest BCUT2D eigenvalue weighted by molar-refractivity contribution is 6.30. The molecule has 1 aromatic heterocycles. The van der Waals surface area contributed by atoms with Crippen LogP contribution in [0.5, 0.6) is 0 Å². The highest BCUT2D eigenvalue weighted by Gasteiger charge is 2.20. The Morgan fingerprint density at radius 2 is 1.76 bits per heavy atom. The van der Waals surface area contributed by atoms with Crippen molar-refractivity contribution in [1.82, 2.24) is 14.8 Å². The number of anilines is 1. The summed E-state index contributed by atoms with van der Waals surface area (Å²) in [4.78, 5) is 21.9. The average Bonchev–Trinajstić information content (AvgIpc) is 3.08. The molecule has 0 unspecified atom stereocenters. The summed E-state index contributed by atoms with van der Waals surface area (Å²) < 4.78 is 6.18. The molecular formula is C26H31ClN4O2. The summed E-state index contributed by atoms with van der Waals surface area (Å²) in [5.41, 5.74) is 2.83. The number of halogens is 1. The fourth-order valence-electron chi connectivity index (χ4n) is 4.15. The molecule has 1 saturated heterocycles. The summed E-state index contributed by atoms with van der Waals surface area (Å²) in [6, 6.07) is 17.4. The molecule has 0 radical (unpaired) electrons. The first-order valence-electron chi connectivity index (χ1n) is 11.6. The van der Waals surface area contributed by atoms with E-state index in [0.717, 1.165) is 74.0 Å². The van der Waals surface area contributed by atoms with Crippen LogP contribution in [-0.2, 0) is 17.8 Å². The van der Waals surface area contributed by atoms with Crippen molar-refractivity contribution in [2.24, 2.45) is 0 Å². The molecule has 33 heavy (non-hydrogen) atoms. The minimum atomic E-state index is -0.00446. The molecule has 0 saturated carbocycles. The summed E-state index contributed by atoms with van der Waals surface area (Å²) in [7, 11) is 0. The van der Waals surface area contributed by atoms with Gasteiger partial charge in [0.1, 0.15) is 11.5 Å². The standard InChI is InChI=1S/C26H31ClN4O2/c1-2-7-23-26(20-8-4-3-5-9-20)29-25(33-23)19-31-15-6-14-30(16-17-31)18-24(32)28-22-12-10-21(27)11-13-22/h3-5,8-13H,2,6-7,14-19H2,1H3,(H,28,32). The van der Waals surface area contributed by atoms with Crippen molar-refractivity contribution < 1.29 is 9.21 Å². The zero-order valence-corrected chi connectivity index (χ0v) is 19.9. The van der Waals surface area contributed by atoms with Gasteiger partial charge in [0.05, 0.1) is 13.1 Å². The number of aromatic nitrogens is 1. The first-order chi connectivity index (χ1) is 16.1. The third-order valence-corrected chi connectivity index (χ3v) is 6.05. The fourth-order valence-corrected chi connectivity index (χ4v) is 4.28. The minimum Gasteiger partial charge on any atom is -0.444 e. The van der Waals surface area contributed by atoms with Gasteiger partial charge in [0.25, 0.3) is 0 Å². The van der Waals surface area contributed by atoms with Crippen LogP contribution in [0.15, 0.2) is 59.0 Å². The lowest BCUT2D eigenvalue weighted by atomic mass is 10.1. The molecule has 174 valence electrons. The van der Waals surface area contributed by atoms with Gasteiger partial charge in [-0.2, -0.15) is 0 Å². The van der Waals surface area contributed by atoms with Crippen LogP contribution in [0.4, 0.5) is 5.69 Å². The van der Waals surface area contributed by atoms with Gasteiger partial charge in [-0.3, -0.25) is 14.6 Å². The van der Waals surface area contributed by atoms with E-state index in [4.69, 9.17) is 21.0 Å². The van der Waals surface area contributed by atoms with Crippen molar-refractivity contribution >= 4 is 23.2 Å². The van der Waals surface area contributed by atoms with Crippen molar-refractivity contribution in [3.8, 4) is 11.3 Å². The number of aryl methyl sites for hydroxylation is 1. The molecule has 1 fully saturated rings. The van der Waals surface area contributed by atoms with E-state index in [1.54, 1.807) is 12.1 Å². The van der Waals surface area contributed by atoms with Crippen LogP contribution in [0.25, 0.3) is 11.3 Å². The Hall–Kier alpha value is -2.67. The molecule has 1 aliphatic heterocycles. The van der Waals surface area contributed by atoms with Gasteiger partial charge in [-0.15, -0.1) is 0 Å². The average molecular weight is 467 g/mol. The van der Waals surface area contributed by atoms with E-state index >= 15 is 0 Å². The number of carbonyl (C=O) groups excluding carboxylic acids is 1. The summed E-state index contributed by atoms with van der Waals surface area (Å²) in [6.45, 7) is 6.79. The monoisotopic (exact) mass is 466 g/mol. The second-order valence-corrected chi connectivity index (χ2v) is 8.89. The van der Waals surface area contributed by atoms with Gasteiger partial charge in [-0.1, -0.05) is 48.9 Å². The second-order valence-electron chi connectivity index (χ2n) is 8.46. The summed E-state index contributed by atoms with van der Waals surface area (Å²) in [5.74, 6) is 1.73. The van der Waals surface area contributed by atoms with Crippen LogP contribution in [0.2, 0.25) is 5.02 Å². The van der Waals surface area contributed by atoms with Crippen molar-refractivity contribution in [3.63, 3.8) is 0 Å². The third kappa shape index (κ3) is 6.67. The quantitative estimate of drug-likeness (QED) is 0.500. The van der Waals surface area contributed by atoms with Crippen molar-refractivity contribution in [3.05, 3.63) is 71.3 Å². The Kier molecular flexibility index (Phi) is 8.15. The normalized spacial score (nSPS) is 15.3. The van der Waals surface area contributed by atoms with Crippen molar-refractivity contribution in [2.45, 2.75) is 32.7 Å². The van der Waals surface area contributed by atoms with Gasteiger partial charge < -0.3 is 9.73 Å². The number of hydrogen-bond donors (Lipinski definition) is 1. The number of benzene rings is 2. The number of hydrogen-bond acceptors (Lipinski definition) is 5. The Morgan fingerprint density at radius 3 is 2.52 bits per heavy atom. The molecule has 1 N–H and O–H groups in total. The van der Waals surface area contributed by atoms with Crippen molar-refractivity contribution in [1.29, 1.82) is 0 Å². The molecule has 0 atom stereocenters. The smallest absolute Gasteiger partial charge is 0.238 e. The van der Waals surface area contributed by atoms with E-state index in [1.807, 2.05) is 30.3 Å². The largest absolute Gasteiger partial charge is 0.444 e. The van der Waals surface area contributed by atoms with Gasteiger partial charge in [-0.25, -0.2) is 4.98 Å². The van der Waals surface area contributed by atoms with Crippen LogP contribution >= 0.6 is 11.6 Å². The van der Waals surface area contributed by atoms with E-state index < -0.39 is 0 Å². The summed E-state index contributed by atoms with van der Waals surface area (Å²) in [6.07, 6.45) is 2.90. The highest BCUT2D eigenvalue weighted by atomic mass is 35.5. The van der Waals surface area contributed by atoms with E-state index in [2.05, 4.69) is 34.2 Å². The molecule has 4 rings (SSSR count). The van der Waals surface area contributed by atoms with Gasteiger partial charge >= 0.3 is 0 Å². The number of nitrogens with zero attached hydrogens (tertiary/aromatic N) is 3. The zero-order chi connectivity index (χ0) is 23.0. The van der Waals surface area contributed by atoms with Crippen LogP contribution in [0, 0.1) is 0 Å². The van der Waals surface area contributed by atoms with E-state index in [-0.39, 0.29) is 5.91 Å². The maximum Gasteiger partial charge on any atom is 0.238 e. The highest BCUT2D eigenvalue weighted by Crippen LogP contribution is 2.26. The summed E-state index contributed by atoms with van der Waals surface area (Å²) >= 11 is 5.91. The van der Waals surface area contributed by atoms with Gasteiger partial charge in [-0.05, 0) is 50.2 Å². The van der Waals surface area contributed by atoms with Gasteiger partial charge in [0.15, 0.2) is 0 Å². The fraction of sp³-hybridized carbons (Fsp3) is 0.385. The Morgan fingerprint density at radius 1 is 1.03 bits per heavy atom. The number of rotatable bonds is 8. The Bertz CT molecular complexity index is 1040. The third-order valence-electron chi connectivity index (χ3n) is 5.80. The zero-order valence-electron chi connectivity index (χ0n) is 19.1. The Balaban J connectivity index is 1.32. The first-order valence-corrected chi connectivity index (χ1v) is 12.0. The molecular weight excluding hydrogens is 436 g/mol. The van der Waals surface area contributed by atoms with E-state index in [0.29, 0.717) is 18.1 Å². The molecule has 0 aliphatic carbocycles. The molecule has 2 heterocycles. The van der Waals surface area contributed by atoms with Gasteiger partial charge in [0, 0.05) is 35.8 Å². The number of carbonyl (C=O) groups is 1. The molecule has 2 aromatic carbocycles. The van der Waals surface area contributed by atoms with Crippen molar-refractivity contribution in [2.75, 3.05) is 38.0 Å². The molecule has 1 amide bonds. The number of oxazole rings is 1.